The van der Waals surface area contributed by atoms with Crippen molar-refractivity contribution in [3.05, 3.63) is 55.1 Å². The van der Waals surface area contributed by atoms with Gasteiger partial charge in [0.15, 0.2) is 0 Å². The van der Waals surface area contributed by atoms with E-state index in [0.29, 0.717) is 13.2 Å². The molecule has 0 aromatic heterocycles. The van der Waals surface area contributed by atoms with Gasteiger partial charge < -0.3 is 9.84 Å². The lowest BCUT2D eigenvalue weighted by Crippen LogP contribution is -2.42. The Morgan fingerprint density at radius 3 is 2.59 bits per heavy atom. The lowest BCUT2D eigenvalue weighted by Gasteiger charge is -2.38. The highest BCUT2D eigenvalue weighted by molar-refractivity contribution is 7.99. The first kappa shape index (κ1) is 22.4. The van der Waals surface area contributed by atoms with Crippen molar-refractivity contribution >= 4 is 11.8 Å². The number of para-hydroxylation sites is 1. The molecule has 1 aromatic rings. The molecule has 1 N–H and O–H groups in total. The molecule has 4 nitrogen and oxygen atoms in total. The Morgan fingerprint density at radius 1 is 1.14 bits per heavy atom. The van der Waals surface area contributed by atoms with Gasteiger partial charge in [0.1, 0.15) is 18.5 Å². The largest absolute Gasteiger partial charge is 0.491 e. The minimum Gasteiger partial charge on any atom is -0.491 e. The van der Waals surface area contributed by atoms with Gasteiger partial charge in [0.05, 0.1) is 0 Å². The van der Waals surface area contributed by atoms with Crippen LogP contribution in [0.25, 0.3) is 0 Å². The molecule has 0 saturated carbocycles. The topological polar surface area (TPSA) is 35.9 Å². The highest BCUT2D eigenvalue weighted by Crippen LogP contribution is 2.38. The zero-order chi connectivity index (χ0) is 20.5. The Hall–Kier alpha value is -1.27. The van der Waals surface area contributed by atoms with Crippen LogP contribution in [0.1, 0.15) is 31.2 Å². The molecule has 2 fully saturated rings. The maximum Gasteiger partial charge on any atom is 0.123 e. The van der Waals surface area contributed by atoms with Gasteiger partial charge >= 0.3 is 0 Å². The summed E-state index contributed by atoms with van der Waals surface area (Å²) in [5, 5.41) is 10.5. The first-order chi connectivity index (χ1) is 14.2. The van der Waals surface area contributed by atoms with Gasteiger partial charge in [-0.05, 0) is 38.3 Å². The molecule has 2 saturated heterocycles. The fraction of sp³-hybridized carbons (Fsp3) is 0.583. The fourth-order valence-corrected chi connectivity index (χ4v) is 5.60. The maximum atomic E-state index is 10.5. The van der Waals surface area contributed by atoms with E-state index in [1.807, 2.05) is 36.0 Å². The van der Waals surface area contributed by atoms with Crippen molar-refractivity contribution in [3.8, 4) is 5.75 Å². The molecule has 0 radical (unpaired) electrons. The fourth-order valence-electron chi connectivity index (χ4n) is 4.63. The summed E-state index contributed by atoms with van der Waals surface area (Å²) in [6.45, 7) is 13.1. The van der Waals surface area contributed by atoms with Crippen LogP contribution in [0.2, 0.25) is 0 Å². The van der Waals surface area contributed by atoms with Crippen LogP contribution in [-0.4, -0.2) is 70.8 Å². The number of hydrogen-bond acceptors (Lipinski definition) is 5. The number of ether oxygens (including phenoxy) is 1. The first-order valence-corrected chi connectivity index (χ1v) is 12.0. The van der Waals surface area contributed by atoms with E-state index in [2.05, 4.69) is 35.1 Å². The summed E-state index contributed by atoms with van der Waals surface area (Å²) in [5.74, 6) is 3.20. The third-order valence-corrected chi connectivity index (χ3v) is 7.07. The van der Waals surface area contributed by atoms with Gasteiger partial charge in [-0.15, -0.1) is 13.2 Å². The number of aliphatic hydroxyl groups is 1. The van der Waals surface area contributed by atoms with Crippen LogP contribution < -0.4 is 4.74 Å². The number of thioether (sulfide) groups is 1. The molecular weight excluding hydrogens is 380 g/mol. The van der Waals surface area contributed by atoms with Crippen LogP contribution in [0.3, 0.4) is 0 Å². The number of β-amino-alcohol motifs (C(OH)–C–C–N with tert-alkyl or cyclic N) is 1. The minimum absolute atomic E-state index is 0.127. The second kappa shape index (κ2) is 11.2. The summed E-state index contributed by atoms with van der Waals surface area (Å²) in [6.07, 6.45) is 7.97. The van der Waals surface area contributed by atoms with Crippen LogP contribution in [0, 0.1) is 0 Å². The summed E-state index contributed by atoms with van der Waals surface area (Å²) in [6, 6.07) is 8.26. The van der Waals surface area contributed by atoms with E-state index in [1.54, 1.807) is 0 Å². The van der Waals surface area contributed by atoms with Gasteiger partial charge in [0, 0.05) is 48.8 Å². The predicted molar refractivity (Wildman–Crippen MR) is 124 cm³/mol. The van der Waals surface area contributed by atoms with E-state index >= 15 is 0 Å². The van der Waals surface area contributed by atoms with Crippen molar-refractivity contribution in [2.75, 3.05) is 44.3 Å². The number of nitrogens with zero attached hydrogens (tertiary/aromatic N) is 2. The van der Waals surface area contributed by atoms with E-state index in [9.17, 15) is 5.11 Å². The van der Waals surface area contributed by atoms with Crippen LogP contribution in [0.5, 0.6) is 5.75 Å². The zero-order valence-corrected chi connectivity index (χ0v) is 18.4. The SMILES string of the molecule is C=CCC1(CC=C)CCCN1Cc1ccccc1OCC(O)CN1CCSCC1. The van der Waals surface area contributed by atoms with E-state index < -0.39 is 6.10 Å². The molecule has 160 valence electrons. The van der Waals surface area contributed by atoms with E-state index in [-0.39, 0.29) is 5.54 Å². The molecule has 29 heavy (non-hydrogen) atoms. The number of likely N-dealkylation sites (tertiary alicyclic amines) is 1. The molecule has 1 unspecified atom stereocenters. The molecule has 5 heteroatoms. The lowest BCUT2D eigenvalue weighted by molar-refractivity contribution is 0.0701. The van der Waals surface area contributed by atoms with Crippen LogP contribution in [-0.2, 0) is 6.54 Å². The smallest absolute Gasteiger partial charge is 0.123 e. The van der Waals surface area contributed by atoms with Gasteiger partial charge in [-0.25, -0.2) is 0 Å². The van der Waals surface area contributed by atoms with Gasteiger partial charge in [-0.1, -0.05) is 30.4 Å². The van der Waals surface area contributed by atoms with Crippen molar-refractivity contribution in [2.24, 2.45) is 0 Å². The van der Waals surface area contributed by atoms with Crippen LogP contribution in [0.15, 0.2) is 49.6 Å². The molecule has 0 spiro atoms. The Balaban J connectivity index is 1.61. The molecule has 2 aliphatic rings. The van der Waals surface area contributed by atoms with E-state index in [1.165, 1.54) is 18.4 Å². The molecule has 1 atom stereocenters. The normalized spacial score (nSPS) is 21.0. The third kappa shape index (κ3) is 6.11. The van der Waals surface area contributed by atoms with Gasteiger partial charge in [-0.2, -0.15) is 11.8 Å². The van der Waals surface area contributed by atoms with Crippen molar-refractivity contribution in [3.63, 3.8) is 0 Å². The number of aliphatic hydroxyl groups excluding tert-OH is 1. The third-order valence-electron chi connectivity index (χ3n) is 6.13. The van der Waals surface area contributed by atoms with Crippen molar-refractivity contribution < 1.29 is 9.84 Å². The molecule has 0 amide bonds. The Morgan fingerprint density at radius 2 is 1.86 bits per heavy atom. The predicted octanol–water partition coefficient (Wildman–Crippen LogP) is 3.96. The highest BCUT2D eigenvalue weighted by Gasteiger charge is 2.38. The summed E-state index contributed by atoms with van der Waals surface area (Å²) < 4.78 is 6.09. The second-order valence-corrected chi connectivity index (χ2v) is 9.45. The Kier molecular flexibility index (Phi) is 8.67. The second-order valence-electron chi connectivity index (χ2n) is 8.22. The van der Waals surface area contributed by atoms with Gasteiger partial charge in [0.25, 0.3) is 0 Å². The molecule has 0 aliphatic carbocycles. The van der Waals surface area contributed by atoms with Gasteiger partial charge in [0.2, 0.25) is 0 Å². The monoisotopic (exact) mass is 416 g/mol. The van der Waals surface area contributed by atoms with Crippen LogP contribution >= 0.6 is 11.8 Å². The molecule has 1 aromatic carbocycles. The van der Waals surface area contributed by atoms with E-state index in [0.717, 1.165) is 56.3 Å². The van der Waals surface area contributed by atoms with Crippen molar-refractivity contribution in [1.29, 1.82) is 0 Å². The molecule has 2 aliphatic heterocycles. The lowest BCUT2D eigenvalue weighted by atomic mass is 9.88. The summed E-state index contributed by atoms with van der Waals surface area (Å²) >= 11 is 1.99. The summed E-state index contributed by atoms with van der Waals surface area (Å²) in [5.41, 5.74) is 1.32. The Labute approximate surface area is 180 Å². The number of benzene rings is 1. The molecular formula is C24H36N2O2S. The molecule has 2 heterocycles. The average Bonchev–Trinajstić information content (AvgIpc) is 3.10. The number of hydrogen-bond donors (Lipinski definition) is 1. The standard InChI is InChI=1S/C24H36N2O2S/c1-3-10-24(11-4-2)12-7-13-26(24)18-21-8-5-6-9-23(21)28-20-22(27)19-25-14-16-29-17-15-25/h3-6,8-9,22,27H,1-2,7,10-20H2. The zero-order valence-electron chi connectivity index (χ0n) is 17.6. The van der Waals surface area contributed by atoms with Crippen molar-refractivity contribution in [2.45, 2.75) is 43.9 Å². The Bertz CT molecular complexity index is 650. The summed E-state index contributed by atoms with van der Waals surface area (Å²) in [4.78, 5) is 4.90. The summed E-state index contributed by atoms with van der Waals surface area (Å²) in [7, 11) is 0. The van der Waals surface area contributed by atoms with Crippen molar-refractivity contribution in [1.82, 2.24) is 9.80 Å². The minimum atomic E-state index is -0.460. The van der Waals surface area contributed by atoms with Gasteiger partial charge in [-0.3, -0.25) is 9.80 Å². The molecule has 0 bridgehead atoms. The van der Waals surface area contributed by atoms with E-state index in [4.69, 9.17) is 4.74 Å². The average molecular weight is 417 g/mol. The maximum absolute atomic E-state index is 10.5. The highest BCUT2D eigenvalue weighted by atomic mass is 32.2. The quantitative estimate of drug-likeness (QED) is 0.553. The first-order valence-electron chi connectivity index (χ1n) is 10.8. The molecule has 3 rings (SSSR count). The van der Waals surface area contributed by atoms with Crippen LogP contribution in [0.4, 0.5) is 0 Å². The number of rotatable bonds is 11.